The quantitative estimate of drug-likeness (QED) is 0.246. The Kier molecular flexibility index (Phi) is 6.81. The van der Waals surface area contributed by atoms with E-state index in [0.29, 0.717) is 24.1 Å². The molecule has 3 aromatic rings. The maximum atomic E-state index is 13.7. The number of benzene rings is 3. The van der Waals surface area contributed by atoms with Gasteiger partial charge in [-0.25, -0.2) is 0 Å². The molecule has 1 aliphatic heterocycles. The predicted octanol–water partition coefficient (Wildman–Crippen LogP) is 2.63. The number of nitrogens with two attached hydrogens (primary N) is 2. The molecular formula is C28H31N5O3. The second kappa shape index (κ2) is 9.83. The molecule has 8 heteroatoms. The van der Waals surface area contributed by atoms with Gasteiger partial charge in [-0.15, -0.1) is 0 Å². The number of nitrogens with one attached hydrogen (secondary N) is 2. The van der Waals surface area contributed by atoms with Crippen molar-refractivity contribution in [1.29, 1.82) is 5.41 Å². The number of primary amides is 1. The molecule has 0 spiro atoms. The van der Waals surface area contributed by atoms with Crippen molar-refractivity contribution in [2.45, 2.75) is 44.5 Å². The van der Waals surface area contributed by atoms with Crippen molar-refractivity contribution in [3.63, 3.8) is 0 Å². The number of carbonyl (C=O) groups excluding carboxylic acids is 2. The maximum Gasteiger partial charge on any atom is 0.248 e. The van der Waals surface area contributed by atoms with Gasteiger partial charge in [0, 0.05) is 29.8 Å². The van der Waals surface area contributed by atoms with Crippen LogP contribution < -0.4 is 21.7 Å². The van der Waals surface area contributed by atoms with Crippen LogP contribution in [0.5, 0.6) is 0 Å². The molecule has 0 radical (unpaired) electrons. The lowest BCUT2D eigenvalue weighted by Gasteiger charge is -2.34. The highest BCUT2D eigenvalue weighted by atomic mass is 16.3. The first-order valence-electron chi connectivity index (χ1n) is 11.7. The molecule has 7 N–H and O–H groups in total. The Morgan fingerprint density at radius 2 is 1.69 bits per heavy atom. The van der Waals surface area contributed by atoms with E-state index in [0.717, 1.165) is 22.4 Å². The van der Waals surface area contributed by atoms with E-state index in [9.17, 15) is 14.7 Å². The Bertz CT molecular complexity index is 1280. The fourth-order valence-electron chi connectivity index (χ4n) is 4.61. The Morgan fingerprint density at radius 3 is 2.28 bits per heavy atom. The fraction of sp³-hybridized carbons (Fsp3) is 0.250. The van der Waals surface area contributed by atoms with Gasteiger partial charge in [0.25, 0.3) is 0 Å². The van der Waals surface area contributed by atoms with Gasteiger partial charge in [-0.05, 0) is 48.7 Å². The first-order chi connectivity index (χ1) is 17.0. The summed E-state index contributed by atoms with van der Waals surface area (Å²) in [5, 5.41) is 21.8. The van der Waals surface area contributed by atoms with Crippen LogP contribution in [0.4, 0.5) is 5.69 Å². The highest BCUT2D eigenvalue weighted by Crippen LogP contribution is 2.35. The normalized spacial score (nSPS) is 15.8. The van der Waals surface area contributed by atoms with Crippen LogP contribution in [-0.2, 0) is 17.8 Å². The van der Waals surface area contributed by atoms with E-state index in [1.54, 1.807) is 32.0 Å². The van der Waals surface area contributed by atoms with E-state index in [1.807, 2.05) is 59.5 Å². The molecule has 0 aromatic heterocycles. The molecule has 186 valence electrons. The summed E-state index contributed by atoms with van der Waals surface area (Å²) in [4.78, 5) is 27.2. The number of carbonyl (C=O) groups is 2. The molecule has 8 nitrogen and oxygen atoms in total. The van der Waals surface area contributed by atoms with Gasteiger partial charge in [0.2, 0.25) is 11.8 Å². The van der Waals surface area contributed by atoms with Gasteiger partial charge in [0.15, 0.2) is 0 Å². The van der Waals surface area contributed by atoms with Crippen molar-refractivity contribution in [3.05, 3.63) is 101 Å². The molecule has 0 saturated heterocycles. The van der Waals surface area contributed by atoms with Crippen molar-refractivity contribution in [2.24, 2.45) is 11.5 Å². The SMILES string of the molecule is CC(C)(O)[C@@H](NC(=O)C1Cc2ccc(C(=N)N)cc2N1Cc1ccc(C(N)=O)cc1)c1ccccc1. The Morgan fingerprint density at radius 1 is 1.06 bits per heavy atom. The average molecular weight is 486 g/mol. The Labute approximate surface area is 210 Å². The standard InChI is InChI=1S/C28H31N5O3/c1-28(2,36)24(18-6-4-3-5-7-18)32-27(35)23-14-20-12-13-21(25(29)30)15-22(20)33(23)16-17-8-10-19(11-9-17)26(31)34/h3-13,15,23-24,36H,14,16H2,1-2H3,(H3,29,30)(H2,31,34)(H,32,35)/t23?,24-/m0/s1. The Hall–Kier alpha value is -4.17. The number of nitrogen functional groups attached to an aromatic ring is 1. The maximum absolute atomic E-state index is 13.7. The monoisotopic (exact) mass is 485 g/mol. The van der Waals surface area contributed by atoms with Gasteiger partial charge < -0.3 is 26.8 Å². The fourth-order valence-corrected chi connectivity index (χ4v) is 4.61. The van der Waals surface area contributed by atoms with Gasteiger partial charge in [-0.3, -0.25) is 15.0 Å². The average Bonchev–Trinajstić information content (AvgIpc) is 3.20. The van der Waals surface area contributed by atoms with Gasteiger partial charge in [-0.2, -0.15) is 0 Å². The number of amides is 2. The molecule has 1 heterocycles. The second-order valence-electron chi connectivity index (χ2n) is 9.67. The van der Waals surface area contributed by atoms with Crippen LogP contribution in [0.2, 0.25) is 0 Å². The molecule has 2 atom stereocenters. The number of rotatable bonds is 8. The molecule has 2 amide bonds. The summed E-state index contributed by atoms with van der Waals surface area (Å²) < 4.78 is 0. The first-order valence-corrected chi connectivity index (χ1v) is 11.7. The van der Waals surface area contributed by atoms with Crippen LogP contribution in [0.1, 0.15) is 52.5 Å². The smallest absolute Gasteiger partial charge is 0.248 e. The van der Waals surface area contributed by atoms with Crippen LogP contribution >= 0.6 is 0 Å². The van der Waals surface area contributed by atoms with Crippen molar-refractivity contribution < 1.29 is 14.7 Å². The minimum atomic E-state index is -1.19. The summed E-state index contributed by atoms with van der Waals surface area (Å²) in [6.07, 6.45) is 0.464. The summed E-state index contributed by atoms with van der Waals surface area (Å²) in [5.74, 6) is -0.780. The zero-order valence-corrected chi connectivity index (χ0v) is 20.4. The molecule has 3 aromatic carbocycles. The minimum Gasteiger partial charge on any atom is -0.388 e. The van der Waals surface area contributed by atoms with Crippen molar-refractivity contribution in [2.75, 3.05) is 4.90 Å². The van der Waals surface area contributed by atoms with E-state index in [-0.39, 0.29) is 11.7 Å². The van der Waals surface area contributed by atoms with E-state index < -0.39 is 23.6 Å². The molecule has 0 bridgehead atoms. The molecule has 0 aliphatic carbocycles. The summed E-state index contributed by atoms with van der Waals surface area (Å²) in [6, 6.07) is 20.7. The topological polar surface area (TPSA) is 146 Å². The van der Waals surface area contributed by atoms with Gasteiger partial charge in [0.1, 0.15) is 11.9 Å². The van der Waals surface area contributed by atoms with Crippen molar-refractivity contribution in [1.82, 2.24) is 5.32 Å². The Balaban J connectivity index is 1.67. The number of fused-ring (bicyclic) bond motifs is 1. The molecular weight excluding hydrogens is 454 g/mol. The van der Waals surface area contributed by atoms with Crippen LogP contribution in [0.3, 0.4) is 0 Å². The zero-order chi connectivity index (χ0) is 26.0. The highest BCUT2D eigenvalue weighted by molar-refractivity contribution is 5.97. The van der Waals surface area contributed by atoms with E-state index in [4.69, 9.17) is 16.9 Å². The molecule has 36 heavy (non-hydrogen) atoms. The molecule has 1 unspecified atom stereocenters. The van der Waals surface area contributed by atoms with Crippen molar-refractivity contribution in [3.8, 4) is 0 Å². The third-order valence-corrected chi connectivity index (χ3v) is 6.52. The van der Waals surface area contributed by atoms with Gasteiger partial charge in [-0.1, -0.05) is 54.6 Å². The van der Waals surface area contributed by atoms with Gasteiger partial charge >= 0.3 is 0 Å². The number of aliphatic hydroxyl groups is 1. The zero-order valence-electron chi connectivity index (χ0n) is 20.4. The molecule has 0 saturated carbocycles. The molecule has 4 rings (SSSR count). The summed E-state index contributed by atoms with van der Waals surface area (Å²) in [6.45, 7) is 3.74. The van der Waals surface area contributed by atoms with E-state index in [2.05, 4.69) is 5.32 Å². The predicted molar refractivity (Wildman–Crippen MR) is 140 cm³/mol. The van der Waals surface area contributed by atoms with Crippen LogP contribution in [0, 0.1) is 5.41 Å². The number of amidine groups is 1. The number of hydrogen-bond acceptors (Lipinski definition) is 5. The summed E-state index contributed by atoms with van der Waals surface area (Å²) >= 11 is 0. The van der Waals surface area contributed by atoms with Crippen LogP contribution in [-0.4, -0.2) is 34.4 Å². The lowest BCUT2D eigenvalue weighted by Crippen LogP contribution is -2.50. The first kappa shape index (κ1) is 24.9. The third kappa shape index (κ3) is 5.23. The minimum absolute atomic E-state index is 0.0531. The lowest BCUT2D eigenvalue weighted by molar-refractivity contribution is -0.125. The molecule has 0 fully saturated rings. The summed E-state index contributed by atoms with van der Waals surface area (Å²) in [5.41, 5.74) is 14.4. The number of anilines is 1. The largest absolute Gasteiger partial charge is 0.388 e. The molecule has 1 aliphatic rings. The van der Waals surface area contributed by atoms with Crippen LogP contribution in [0.25, 0.3) is 0 Å². The number of hydrogen-bond donors (Lipinski definition) is 5. The summed E-state index contributed by atoms with van der Waals surface area (Å²) in [7, 11) is 0. The van der Waals surface area contributed by atoms with Gasteiger partial charge in [0.05, 0.1) is 11.6 Å². The van der Waals surface area contributed by atoms with Crippen LogP contribution in [0.15, 0.2) is 72.8 Å². The van der Waals surface area contributed by atoms with E-state index >= 15 is 0 Å². The van der Waals surface area contributed by atoms with Crippen molar-refractivity contribution >= 4 is 23.3 Å². The second-order valence-corrected chi connectivity index (χ2v) is 9.67. The van der Waals surface area contributed by atoms with E-state index in [1.165, 1.54) is 0 Å². The third-order valence-electron chi connectivity index (χ3n) is 6.52. The number of nitrogens with zero attached hydrogens (tertiary/aromatic N) is 1. The highest BCUT2D eigenvalue weighted by Gasteiger charge is 2.38. The lowest BCUT2D eigenvalue weighted by atomic mass is 9.91.